The molecule has 2 aliphatic rings. The molecular formula is C27H22O3. The molecule has 6 rings (SSSR count). The van der Waals surface area contributed by atoms with Crippen molar-refractivity contribution in [2.24, 2.45) is 5.92 Å². The third-order valence-corrected chi connectivity index (χ3v) is 7.11. The molecule has 0 saturated heterocycles. The summed E-state index contributed by atoms with van der Waals surface area (Å²) in [5.74, 6) is 0.623. The van der Waals surface area contributed by atoms with Crippen LogP contribution < -0.4 is 0 Å². The molecule has 0 spiro atoms. The number of carbonyl (C=O) groups excluding carboxylic acids is 1. The van der Waals surface area contributed by atoms with Gasteiger partial charge in [0.05, 0.1) is 5.56 Å². The molecule has 30 heavy (non-hydrogen) atoms. The van der Waals surface area contributed by atoms with Crippen LogP contribution in [0.1, 0.15) is 47.2 Å². The van der Waals surface area contributed by atoms with Gasteiger partial charge in [-0.3, -0.25) is 0 Å². The summed E-state index contributed by atoms with van der Waals surface area (Å²) in [5, 5.41) is 14.9. The smallest absolute Gasteiger partial charge is 0.339 e. The summed E-state index contributed by atoms with van der Waals surface area (Å²) in [7, 11) is 0. The van der Waals surface area contributed by atoms with Gasteiger partial charge in [0.1, 0.15) is 11.4 Å². The van der Waals surface area contributed by atoms with Crippen LogP contribution in [0.3, 0.4) is 0 Å². The van der Waals surface area contributed by atoms with E-state index in [2.05, 4.69) is 13.0 Å². The van der Waals surface area contributed by atoms with Crippen LogP contribution in [-0.2, 0) is 10.3 Å². The SMILES string of the molecule is CC1CC2(OC(=O)c3cccc4ccccc34)CC1c1c2cc2ccccc2c1O. The van der Waals surface area contributed by atoms with Crippen LogP contribution in [0.2, 0.25) is 0 Å². The molecule has 2 bridgehead atoms. The minimum atomic E-state index is -0.672. The zero-order valence-corrected chi connectivity index (χ0v) is 16.8. The molecule has 3 nitrogen and oxygen atoms in total. The Morgan fingerprint density at radius 2 is 1.63 bits per heavy atom. The first kappa shape index (κ1) is 17.5. The van der Waals surface area contributed by atoms with E-state index in [-0.39, 0.29) is 11.9 Å². The van der Waals surface area contributed by atoms with E-state index in [1.165, 1.54) is 0 Å². The van der Waals surface area contributed by atoms with Crippen molar-refractivity contribution in [3.63, 3.8) is 0 Å². The first-order valence-electron chi connectivity index (χ1n) is 10.5. The quantitative estimate of drug-likeness (QED) is 0.407. The van der Waals surface area contributed by atoms with Gasteiger partial charge in [0.2, 0.25) is 0 Å². The molecule has 4 aromatic rings. The van der Waals surface area contributed by atoms with Crippen molar-refractivity contribution in [2.75, 3.05) is 0 Å². The van der Waals surface area contributed by atoms with Crippen LogP contribution in [0.25, 0.3) is 21.5 Å². The Hall–Kier alpha value is -3.33. The minimum Gasteiger partial charge on any atom is -0.507 e. The molecule has 3 unspecified atom stereocenters. The Kier molecular flexibility index (Phi) is 3.55. The predicted octanol–water partition coefficient (Wildman–Crippen LogP) is 6.28. The molecule has 0 radical (unpaired) electrons. The van der Waals surface area contributed by atoms with Crippen LogP contribution in [0.5, 0.6) is 5.75 Å². The number of hydrogen-bond donors (Lipinski definition) is 1. The summed E-state index contributed by atoms with van der Waals surface area (Å²) in [6.07, 6.45) is 1.53. The molecule has 3 heteroatoms. The highest BCUT2D eigenvalue weighted by Gasteiger charge is 2.56. The van der Waals surface area contributed by atoms with Gasteiger partial charge in [0.15, 0.2) is 0 Å². The molecule has 1 N–H and O–H groups in total. The maximum atomic E-state index is 13.4. The number of fused-ring (bicyclic) bond motifs is 7. The lowest BCUT2D eigenvalue weighted by Gasteiger charge is -2.32. The third kappa shape index (κ3) is 2.29. The van der Waals surface area contributed by atoms with E-state index in [9.17, 15) is 9.90 Å². The van der Waals surface area contributed by atoms with Crippen molar-refractivity contribution in [1.82, 2.24) is 0 Å². The number of ether oxygens (including phenoxy) is 1. The Labute approximate surface area is 174 Å². The normalized spacial score (nSPS) is 24.3. The van der Waals surface area contributed by atoms with Crippen molar-refractivity contribution in [1.29, 1.82) is 0 Å². The lowest BCUT2D eigenvalue weighted by molar-refractivity contribution is -0.0177. The number of aromatic hydroxyl groups is 1. The predicted molar refractivity (Wildman–Crippen MR) is 118 cm³/mol. The van der Waals surface area contributed by atoms with Gasteiger partial charge in [-0.1, -0.05) is 67.6 Å². The van der Waals surface area contributed by atoms with Crippen LogP contribution in [0, 0.1) is 5.92 Å². The maximum absolute atomic E-state index is 13.4. The summed E-state index contributed by atoms with van der Waals surface area (Å²) in [4.78, 5) is 13.4. The fourth-order valence-corrected chi connectivity index (χ4v) is 5.78. The van der Waals surface area contributed by atoms with Gasteiger partial charge < -0.3 is 9.84 Å². The van der Waals surface area contributed by atoms with Gasteiger partial charge in [-0.25, -0.2) is 4.79 Å². The molecule has 0 aromatic heterocycles. The number of rotatable bonds is 2. The van der Waals surface area contributed by atoms with Gasteiger partial charge in [-0.2, -0.15) is 0 Å². The standard InChI is InChI=1S/C27H22O3/c1-16-14-27(30-26(29)21-12-6-9-17-7-2-4-10-19(17)21)15-22(16)24-23(27)13-18-8-3-5-11-20(18)25(24)28/h2-13,16,22,28H,14-15H2,1H3. The molecule has 4 aromatic carbocycles. The molecule has 1 saturated carbocycles. The lowest BCUT2D eigenvalue weighted by atomic mass is 9.81. The van der Waals surface area contributed by atoms with E-state index in [0.29, 0.717) is 17.2 Å². The molecule has 0 amide bonds. The van der Waals surface area contributed by atoms with Crippen LogP contribution in [0.4, 0.5) is 0 Å². The van der Waals surface area contributed by atoms with Crippen LogP contribution >= 0.6 is 0 Å². The van der Waals surface area contributed by atoms with E-state index in [0.717, 1.165) is 45.5 Å². The van der Waals surface area contributed by atoms with Crippen LogP contribution in [0.15, 0.2) is 72.8 Å². The second-order valence-corrected chi connectivity index (χ2v) is 8.81. The molecule has 0 heterocycles. The van der Waals surface area contributed by atoms with E-state index in [4.69, 9.17) is 4.74 Å². The molecule has 148 valence electrons. The topological polar surface area (TPSA) is 46.5 Å². The van der Waals surface area contributed by atoms with Crippen molar-refractivity contribution >= 4 is 27.5 Å². The van der Waals surface area contributed by atoms with Gasteiger partial charge in [0.25, 0.3) is 0 Å². The number of benzene rings is 4. The first-order chi connectivity index (χ1) is 14.6. The highest BCUT2D eigenvalue weighted by Crippen LogP contribution is 2.63. The molecule has 2 aliphatic carbocycles. The number of phenols is 1. The summed E-state index contributed by atoms with van der Waals surface area (Å²) < 4.78 is 6.33. The highest BCUT2D eigenvalue weighted by atomic mass is 16.6. The van der Waals surface area contributed by atoms with Gasteiger partial charge in [0, 0.05) is 16.5 Å². The number of phenolic OH excluding ortho intramolecular Hbond substituents is 1. The zero-order valence-electron chi connectivity index (χ0n) is 16.8. The van der Waals surface area contributed by atoms with Crippen LogP contribution in [-0.4, -0.2) is 11.1 Å². The van der Waals surface area contributed by atoms with Gasteiger partial charge >= 0.3 is 5.97 Å². The molecular weight excluding hydrogens is 372 g/mol. The number of esters is 1. The van der Waals surface area contributed by atoms with Crippen molar-refractivity contribution in [2.45, 2.75) is 31.3 Å². The molecule has 0 aliphatic heterocycles. The summed E-state index contributed by atoms with van der Waals surface area (Å²) in [5.41, 5.74) is 1.88. The number of hydrogen-bond acceptors (Lipinski definition) is 3. The zero-order chi connectivity index (χ0) is 20.5. The van der Waals surface area contributed by atoms with E-state index in [1.54, 1.807) is 0 Å². The second-order valence-electron chi connectivity index (χ2n) is 8.81. The third-order valence-electron chi connectivity index (χ3n) is 7.11. The Balaban J connectivity index is 1.49. The largest absolute Gasteiger partial charge is 0.507 e. The summed E-state index contributed by atoms with van der Waals surface area (Å²) >= 11 is 0. The second kappa shape index (κ2) is 6.09. The van der Waals surface area contributed by atoms with Crippen molar-refractivity contribution < 1.29 is 14.6 Å². The lowest BCUT2D eigenvalue weighted by Crippen LogP contribution is -2.30. The van der Waals surface area contributed by atoms with Crippen molar-refractivity contribution in [3.05, 3.63) is 89.5 Å². The Morgan fingerprint density at radius 1 is 0.933 bits per heavy atom. The average Bonchev–Trinajstić information content (AvgIpc) is 3.25. The highest BCUT2D eigenvalue weighted by molar-refractivity contribution is 6.04. The van der Waals surface area contributed by atoms with Gasteiger partial charge in [-0.15, -0.1) is 0 Å². The fourth-order valence-electron chi connectivity index (χ4n) is 5.78. The van der Waals surface area contributed by atoms with E-state index in [1.807, 2.05) is 66.7 Å². The average molecular weight is 394 g/mol. The fraction of sp³-hybridized carbons (Fsp3) is 0.222. The number of carbonyl (C=O) groups is 1. The summed E-state index contributed by atoms with van der Waals surface area (Å²) in [6, 6.07) is 23.6. The summed E-state index contributed by atoms with van der Waals surface area (Å²) in [6.45, 7) is 2.19. The Bertz CT molecular complexity index is 1330. The maximum Gasteiger partial charge on any atom is 0.339 e. The molecule has 3 atom stereocenters. The molecule has 1 fully saturated rings. The van der Waals surface area contributed by atoms with E-state index < -0.39 is 5.60 Å². The minimum absolute atomic E-state index is 0.213. The van der Waals surface area contributed by atoms with Crippen molar-refractivity contribution in [3.8, 4) is 5.75 Å². The monoisotopic (exact) mass is 394 g/mol. The first-order valence-corrected chi connectivity index (χ1v) is 10.5. The van der Waals surface area contributed by atoms with Gasteiger partial charge in [-0.05, 0) is 53.0 Å². The van der Waals surface area contributed by atoms with E-state index >= 15 is 0 Å². The Morgan fingerprint density at radius 3 is 2.47 bits per heavy atom.